The van der Waals surface area contributed by atoms with E-state index in [9.17, 15) is 14.4 Å². The molecule has 0 aliphatic carbocycles. The van der Waals surface area contributed by atoms with E-state index in [0.29, 0.717) is 12.5 Å². The van der Waals surface area contributed by atoms with Gasteiger partial charge in [0, 0.05) is 0 Å². The number of rotatable bonds is 7. The lowest BCUT2D eigenvalue weighted by Gasteiger charge is -2.15. The summed E-state index contributed by atoms with van der Waals surface area (Å²) in [5, 5.41) is 8.87. The van der Waals surface area contributed by atoms with E-state index < -0.39 is 17.9 Å². The molecule has 0 fully saturated rings. The van der Waals surface area contributed by atoms with Crippen molar-refractivity contribution in [1.82, 2.24) is 0 Å². The molecule has 3 N–H and O–H groups in total. The molecule has 22 heavy (non-hydrogen) atoms. The van der Waals surface area contributed by atoms with Crippen LogP contribution in [-0.2, 0) is 9.53 Å². The molecular weight excluding hydrogens is 286 g/mol. The summed E-state index contributed by atoms with van der Waals surface area (Å²) < 4.78 is 4.76. The average Bonchev–Trinajstić information content (AvgIpc) is 2.45. The summed E-state index contributed by atoms with van der Waals surface area (Å²) in [4.78, 5) is 34.5. The summed E-state index contributed by atoms with van der Waals surface area (Å²) in [5.74, 6) is -2.30. The van der Waals surface area contributed by atoms with Gasteiger partial charge >= 0.3 is 17.9 Å². The van der Waals surface area contributed by atoms with Gasteiger partial charge in [0.25, 0.3) is 0 Å². The predicted octanol–water partition coefficient (Wildman–Crippen LogP) is 2.08. The molecule has 1 atom stereocenters. The van der Waals surface area contributed by atoms with Crippen LogP contribution in [0.4, 0.5) is 0 Å². The molecule has 6 nitrogen and oxygen atoms in total. The van der Waals surface area contributed by atoms with Crippen molar-refractivity contribution in [2.75, 3.05) is 6.54 Å². The van der Waals surface area contributed by atoms with Crippen LogP contribution in [0.25, 0.3) is 0 Å². The van der Waals surface area contributed by atoms with Gasteiger partial charge in [-0.2, -0.15) is 0 Å². The molecule has 0 saturated heterocycles. The summed E-state index contributed by atoms with van der Waals surface area (Å²) >= 11 is 0. The molecule has 0 bridgehead atoms. The van der Waals surface area contributed by atoms with Crippen molar-refractivity contribution in [2.45, 2.75) is 26.7 Å². The van der Waals surface area contributed by atoms with Gasteiger partial charge in [-0.1, -0.05) is 19.9 Å². The fourth-order valence-electron chi connectivity index (χ4n) is 2.15. The summed E-state index contributed by atoms with van der Waals surface area (Å²) in [7, 11) is 0. The van der Waals surface area contributed by atoms with Gasteiger partial charge in [-0.15, -0.1) is 0 Å². The van der Waals surface area contributed by atoms with Crippen LogP contribution >= 0.6 is 0 Å². The third-order valence-corrected chi connectivity index (χ3v) is 3.15. The molecule has 0 aliphatic heterocycles. The van der Waals surface area contributed by atoms with E-state index >= 15 is 0 Å². The Balaban J connectivity index is 2.66. The summed E-state index contributed by atoms with van der Waals surface area (Å²) in [5.41, 5.74) is 5.60. The fraction of sp³-hybridized carbons (Fsp3) is 0.438. The summed E-state index contributed by atoms with van der Waals surface area (Å²) in [6, 6.07) is 5.35. The minimum Gasteiger partial charge on any atom is -0.478 e. The van der Waals surface area contributed by atoms with Gasteiger partial charge in [0.1, 0.15) is 0 Å². The van der Waals surface area contributed by atoms with Gasteiger partial charge in [-0.25, -0.2) is 9.59 Å². The second kappa shape index (κ2) is 8.29. The van der Waals surface area contributed by atoms with Crippen LogP contribution in [0.3, 0.4) is 0 Å². The minimum absolute atomic E-state index is 0.0291. The van der Waals surface area contributed by atoms with Crippen LogP contribution in [0, 0.1) is 11.8 Å². The number of esters is 2. The highest BCUT2D eigenvalue weighted by Gasteiger charge is 2.19. The number of carboxylic acids is 1. The van der Waals surface area contributed by atoms with Gasteiger partial charge < -0.3 is 15.6 Å². The average molecular weight is 307 g/mol. The van der Waals surface area contributed by atoms with Crippen molar-refractivity contribution in [1.29, 1.82) is 0 Å². The predicted molar refractivity (Wildman–Crippen MR) is 80.4 cm³/mol. The topological polar surface area (TPSA) is 107 Å². The number of benzene rings is 1. The second-order valence-electron chi connectivity index (χ2n) is 5.58. The van der Waals surface area contributed by atoms with Gasteiger partial charge in [-0.05, 0) is 43.0 Å². The zero-order chi connectivity index (χ0) is 16.7. The molecule has 0 amide bonds. The third-order valence-electron chi connectivity index (χ3n) is 3.15. The number of ether oxygens (including phenoxy) is 1. The van der Waals surface area contributed by atoms with E-state index in [-0.39, 0.29) is 23.5 Å². The molecule has 120 valence electrons. The largest absolute Gasteiger partial charge is 0.478 e. The zero-order valence-electron chi connectivity index (χ0n) is 12.7. The van der Waals surface area contributed by atoms with Gasteiger partial charge in [0.15, 0.2) is 0 Å². The molecular formula is C16H21NO5. The first-order valence-corrected chi connectivity index (χ1v) is 7.12. The van der Waals surface area contributed by atoms with Crippen LogP contribution in [-0.4, -0.2) is 29.6 Å². The van der Waals surface area contributed by atoms with Crippen LogP contribution < -0.4 is 5.73 Å². The van der Waals surface area contributed by atoms with Crippen LogP contribution in [0.15, 0.2) is 24.3 Å². The smallest absolute Gasteiger partial charge is 0.345 e. The highest BCUT2D eigenvalue weighted by Crippen LogP contribution is 2.15. The third kappa shape index (κ3) is 5.65. The Morgan fingerprint density at radius 3 is 2.41 bits per heavy atom. The Kier molecular flexibility index (Phi) is 6.72. The van der Waals surface area contributed by atoms with Crippen molar-refractivity contribution < 1.29 is 24.2 Å². The van der Waals surface area contributed by atoms with E-state index in [1.54, 1.807) is 0 Å². The lowest BCUT2D eigenvalue weighted by atomic mass is 9.94. The van der Waals surface area contributed by atoms with E-state index in [1.165, 1.54) is 24.3 Å². The molecule has 0 saturated carbocycles. The number of carboxylic acid groups (broad SMARTS) is 1. The Morgan fingerprint density at radius 1 is 1.23 bits per heavy atom. The molecule has 0 aliphatic rings. The van der Waals surface area contributed by atoms with Crippen LogP contribution in [0.1, 0.15) is 47.4 Å². The Morgan fingerprint density at radius 2 is 1.86 bits per heavy atom. The first kappa shape index (κ1) is 17.8. The highest BCUT2D eigenvalue weighted by molar-refractivity contribution is 5.99. The molecule has 0 unspecified atom stereocenters. The van der Waals surface area contributed by atoms with Crippen molar-refractivity contribution in [2.24, 2.45) is 17.6 Å². The molecule has 0 radical (unpaired) electrons. The number of hydrogen-bond acceptors (Lipinski definition) is 5. The quantitative estimate of drug-likeness (QED) is 0.590. The number of nitrogens with two attached hydrogens (primary N) is 1. The van der Waals surface area contributed by atoms with Crippen molar-refractivity contribution in [3.05, 3.63) is 35.4 Å². The van der Waals surface area contributed by atoms with Gasteiger partial charge in [0.2, 0.25) is 0 Å². The van der Waals surface area contributed by atoms with Crippen molar-refractivity contribution >= 4 is 17.9 Å². The Hall–Kier alpha value is -2.21. The molecule has 1 rings (SSSR count). The number of carbonyl (C=O) groups excluding carboxylic acids is 2. The highest BCUT2D eigenvalue weighted by atomic mass is 16.6. The molecule has 0 spiro atoms. The van der Waals surface area contributed by atoms with Gasteiger partial charge in [0.05, 0.1) is 17.5 Å². The summed E-state index contributed by atoms with van der Waals surface area (Å²) in [6.07, 6.45) is 0.841. The molecule has 0 aromatic heterocycles. The SMILES string of the molecule is CC(C)C[C@H](CN)CC(=O)OC(=O)c1cccc(C(=O)O)c1. The number of carbonyl (C=O) groups is 3. The lowest BCUT2D eigenvalue weighted by Crippen LogP contribution is -2.22. The Bertz CT molecular complexity index is 553. The maximum atomic E-state index is 11.9. The second-order valence-corrected chi connectivity index (χ2v) is 5.58. The first-order chi connectivity index (χ1) is 10.3. The summed E-state index contributed by atoms with van der Waals surface area (Å²) in [6.45, 7) is 4.39. The normalized spacial score (nSPS) is 12.0. The molecule has 6 heteroatoms. The monoisotopic (exact) mass is 307 g/mol. The molecule has 0 heterocycles. The standard InChI is InChI=1S/C16H21NO5/c1-10(2)6-11(9-17)7-14(18)22-16(21)13-5-3-4-12(8-13)15(19)20/h3-5,8,10-11H,6-7,9,17H2,1-2H3,(H,19,20)/t11-/m0/s1. The van der Waals surface area contributed by atoms with E-state index in [2.05, 4.69) is 0 Å². The fourth-order valence-corrected chi connectivity index (χ4v) is 2.15. The van der Waals surface area contributed by atoms with E-state index in [0.717, 1.165) is 6.42 Å². The maximum absolute atomic E-state index is 11.9. The Labute approximate surface area is 129 Å². The van der Waals surface area contributed by atoms with Crippen molar-refractivity contribution in [3.8, 4) is 0 Å². The van der Waals surface area contributed by atoms with Crippen LogP contribution in [0.5, 0.6) is 0 Å². The zero-order valence-corrected chi connectivity index (χ0v) is 12.7. The van der Waals surface area contributed by atoms with E-state index in [4.69, 9.17) is 15.6 Å². The number of aromatic carboxylic acids is 1. The minimum atomic E-state index is -1.15. The van der Waals surface area contributed by atoms with E-state index in [1.807, 2.05) is 13.8 Å². The van der Waals surface area contributed by atoms with Crippen LogP contribution in [0.2, 0.25) is 0 Å². The number of hydrogen-bond donors (Lipinski definition) is 2. The van der Waals surface area contributed by atoms with Crippen molar-refractivity contribution in [3.63, 3.8) is 0 Å². The maximum Gasteiger partial charge on any atom is 0.345 e. The molecule has 1 aromatic rings. The molecule has 1 aromatic carbocycles. The first-order valence-electron chi connectivity index (χ1n) is 7.12. The lowest BCUT2D eigenvalue weighted by molar-refractivity contribution is -0.139. The van der Waals surface area contributed by atoms with Gasteiger partial charge in [-0.3, -0.25) is 4.79 Å².